The first-order chi connectivity index (χ1) is 30.0. The lowest BCUT2D eigenvalue weighted by atomic mass is 9.65. The van der Waals surface area contributed by atoms with Gasteiger partial charge in [0.1, 0.15) is 11.5 Å². The molecule has 0 N–H and O–H groups in total. The molecule has 6 heterocycles. The van der Waals surface area contributed by atoms with Crippen molar-refractivity contribution in [2.45, 2.75) is 30.1 Å². The van der Waals surface area contributed by atoms with Gasteiger partial charge in [-0.3, -0.25) is 19.9 Å². The zero-order valence-electron chi connectivity index (χ0n) is 33.4. The second-order valence-corrected chi connectivity index (χ2v) is 17.3. The summed E-state index contributed by atoms with van der Waals surface area (Å²) in [5, 5.41) is 0. The summed E-state index contributed by atoms with van der Waals surface area (Å²) in [4.78, 5) is 22.9. The Labute approximate surface area is 352 Å². The van der Waals surface area contributed by atoms with Crippen molar-refractivity contribution in [1.82, 2.24) is 19.9 Å². The standard InChI is InChI=1S/C55H35N5O/c1-53(2)36-16-5-8-22-45(36)60(46-23-9-6-17-37(46)53)32-28-44-52(59-31-32)51-41(21-13-27-58-51)55(44)38-18-7-10-24-47(38)61-48-30-42-34(29-43(48)55)33-14-3-4-15-35(33)54(42)39-19-11-25-56-49(39)50-40(54)20-12-26-57-50/h3-31H,1-2H3. The van der Waals surface area contributed by atoms with Crippen molar-refractivity contribution in [2.75, 3.05) is 4.90 Å². The van der Waals surface area contributed by atoms with E-state index >= 15 is 0 Å². The maximum absolute atomic E-state index is 7.18. The van der Waals surface area contributed by atoms with Gasteiger partial charge in [0.25, 0.3) is 0 Å². The number of hydrogen-bond donors (Lipinski definition) is 0. The van der Waals surface area contributed by atoms with Crippen LogP contribution in [-0.2, 0) is 16.2 Å². The van der Waals surface area contributed by atoms with Crippen molar-refractivity contribution in [1.29, 1.82) is 0 Å². The van der Waals surface area contributed by atoms with Crippen LogP contribution in [0.15, 0.2) is 176 Å². The number of fused-ring (bicyclic) bond motifs is 21. The summed E-state index contributed by atoms with van der Waals surface area (Å²) in [5.41, 5.74) is 19.2. The summed E-state index contributed by atoms with van der Waals surface area (Å²) in [5.74, 6) is 1.63. The van der Waals surface area contributed by atoms with Crippen molar-refractivity contribution in [3.05, 3.63) is 232 Å². The van der Waals surface area contributed by atoms with E-state index in [9.17, 15) is 0 Å². The Morgan fingerprint density at radius 3 is 1.54 bits per heavy atom. The predicted molar refractivity (Wildman–Crippen MR) is 238 cm³/mol. The van der Waals surface area contributed by atoms with Gasteiger partial charge in [0.05, 0.1) is 56.9 Å². The van der Waals surface area contributed by atoms with Crippen molar-refractivity contribution in [3.63, 3.8) is 0 Å². The number of benzene rings is 5. The molecule has 9 aromatic rings. The van der Waals surface area contributed by atoms with E-state index < -0.39 is 10.8 Å². The summed E-state index contributed by atoms with van der Waals surface area (Å²) in [7, 11) is 0. The molecule has 2 aliphatic heterocycles. The van der Waals surface area contributed by atoms with Gasteiger partial charge in [0.2, 0.25) is 0 Å². The highest BCUT2D eigenvalue weighted by molar-refractivity contribution is 5.96. The fourth-order valence-corrected chi connectivity index (χ4v) is 11.9. The number of para-hydroxylation sites is 3. The minimum Gasteiger partial charge on any atom is -0.457 e. The quantitative estimate of drug-likeness (QED) is 0.165. The van der Waals surface area contributed by atoms with Gasteiger partial charge >= 0.3 is 0 Å². The second-order valence-electron chi connectivity index (χ2n) is 17.3. The predicted octanol–water partition coefficient (Wildman–Crippen LogP) is 12.2. The van der Waals surface area contributed by atoms with Crippen LogP contribution in [0.4, 0.5) is 17.1 Å². The van der Waals surface area contributed by atoms with Gasteiger partial charge in [-0.15, -0.1) is 0 Å². The molecule has 0 saturated carbocycles. The average molecular weight is 782 g/mol. The largest absolute Gasteiger partial charge is 0.457 e. The molecule has 5 aliphatic rings. The summed E-state index contributed by atoms with van der Waals surface area (Å²) in [6, 6.07) is 55.0. The molecule has 61 heavy (non-hydrogen) atoms. The SMILES string of the molecule is CC1(C)c2ccccc2N(c2cnc3c(c2)C2(c4ccccc4Oc4cc5c(cc42)-c2ccccc2C52c4cccnc4-c4ncccc42)c2cccnc2-3)c2ccccc21. The van der Waals surface area contributed by atoms with Gasteiger partial charge in [-0.1, -0.05) is 111 Å². The lowest BCUT2D eigenvalue weighted by Crippen LogP contribution is -2.33. The van der Waals surface area contributed by atoms with E-state index in [2.05, 4.69) is 170 Å². The number of ether oxygens (including phenoxy) is 1. The van der Waals surface area contributed by atoms with E-state index in [1.807, 2.05) is 24.8 Å². The molecule has 0 amide bonds. The molecular formula is C55H35N5O. The lowest BCUT2D eigenvalue weighted by molar-refractivity contribution is 0.435. The van der Waals surface area contributed by atoms with Crippen LogP contribution in [0.3, 0.4) is 0 Å². The molecule has 4 aromatic heterocycles. The topological polar surface area (TPSA) is 64.0 Å². The molecule has 286 valence electrons. The van der Waals surface area contributed by atoms with Crippen molar-refractivity contribution in [3.8, 4) is 45.4 Å². The zero-order chi connectivity index (χ0) is 40.2. The molecule has 14 rings (SSSR count). The van der Waals surface area contributed by atoms with Gasteiger partial charge in [-0.05, 0) is 105 Å². The number of nitrogens with zero attached hydrogens (tertiary/aromatic N) is 5. The molecule has 0 saturated heterocycles. The third-order valence-corrected chi connectivity index (χ3v) is 14.3. The number of rotatable bonds is 1. The number of pyridine rings is 4. The molecule has 5 aromatic carbocycles. The highest BCUT2D eigenvalue weighted by atomic mass is 16.5. The van der Waals surface area contributed by atoms with Gasteiger partial charge < -0.3 is 9.64 Å². The van der Waals surface area contributed by atoms with Crippen LogP contribution in [0.2, 0.25) is 0 Å². The van der Waals surface area contributed by atoms with Gasteiger partial charge in [-0.25, -0.2) is 0 Å². The molecule has 2 spiro atoms. The summed E-state index contributed by atoms with van der Waals surface area (Å²) < 4.78 is 7.18. The maximum Gasteiger partial charge on any atom is 0.132 e. The molecule has 0 bridgehead atoms. The fraction of sp³-hybridized carbons (Fsp3) is 0.0909. The first-order valence-corrected chi connectivity index (χ1v) is 21.0. The molecule has 3 aliphatic carbocycles. The minimum absolute atomic E-state index is 0.186. The Balaban J connectivity index is 1.08. The maximum atomic E-state index is 7.18. The Morgan fingerprint density at radius 1 is 0.393 bits per heavy atom. The number of hydrogen-bond acceptors (Lipinski definition) is 6. The van der Waals surface area contributed by atoms with Crippen LogP contribution >= 0.6 is 0 Å². The molecule has 1 atom stereocenters. The summed E-state index contributed by atoms with van der Waals surface area (Å²) in [6.45, 7) is 4.65. The van der Waals surface area contributed by atoms with Crippen LogP contribution in [0.1, 0.15) is 69.5 Å². The van der Waals surface area contributed by atoms with E-state index in [1.165, 1.54) is 33.4 Å². The van der Waals surface area contributed by atoms with Gasteiger partial charge in [0, 0.05) is 40.7 Å². The summed E-state index contributed by atoms with van der Waals surface area (Å²) >= 11 is 0. The normalized spacial score (nSPS) is 17.8. The van der Waals surface area contributed by atoms with Crippen LogP contribution in [0.5, 0.6) is 11.5 Å². The minimum atomic E-state index is -0.797. The first kappa shape index (κ1) is 33.2. The number of aromatic nitrogens is 4. The smallest absolute Gasteiger partial charge is 0.132 e. The molecule has 1 unspecified atom stereocenters. The van der Waals surface area contributed by atoms with Crippen LogP contribution in [0.25, 0.3) is 33.9 Å². The van der Waals surface area contributed by atoms with E-state index in [0.717, 1.165) is 84.7 Å². The molecule has 6 nitrogen and oxygen atoms in total. The molecule has 0 radical (unpaired) electrons. The Morgan fingerprint density at radius 2 is 0.902 bits per heavy atom. The van der Waals surface area contributed by atoms with Gasteiger partial charge in [-0.2, -0.15) is 0 Å². The Kier molecular flexibility index (Phi) is 6.15. The van der Waals surface area contributed by atoms with Crippen molar-refractivity contribution < 1.29 is 4.74 Å². The van der Waals surface area contributed by atoms with Crippen LogP contribution < -0.4 is 9.64 Å². The lowest BCUT2D eigenvalue weighted by Gasteiger charge is -2.42. The Hall–Kier alpha value is -7.70. The zero-order valence-corrected chi connectivity index (χ0v) is 33.4. The van der Waals surface area contributed by atoms with Crippen molar-refractivity contribution in [2.24, 2.45) is 0 Å². The van der Waals surface area contributed by atoms with E-state index in [-0.39, 0.29) is 5.41 Å². The van der Waals surface area contributed by atoms with E-state index in [0.29, 0.717) is 0 Å². The summed E-state index contributed by atoms with van der Waals surface area (Å²) in [6.07, 6.45) is 7.68. The van der Waals surface area contributed by atoms with Gasteiger partial charge in [0.15, 0.2) is 0 Å². The number of anilines is 3. The molecule has 0 fully saturated rings. The fourth-order valence-electron chi connectivity index (χ4n) is 11.9. The third kappa shape index (κ3) is 3.81. The van der Waals surface area contributed by atoms with Crippen LogP contribution in [-0.4, -0.2) is 19.9 Å². The molecular weight excluding hydrogens is 747 g/mol. The highest BCUT2D eigenvalue weighted by Crippen LogP contribution is 2.67. The second kappa shape index (κ2) is 11.3. The first-order valence-electron chi connectivity index (χ1n) is 21.0. The highest BCUT2D eigenvalue weighted by Gasteiger charge is 2.57. The van der Waals surface area contributed by atoms with E-state index in [4.69, 9.17) is 24.7 Å². The van der Waals surface area contributed by atoms with Crippen LogP contribution in [0, 0.1) is 0 Å². The molecule has 6 heteroatoms. The monoisotopic (exact) mass is 781 g/mol. The average Bonchev–Trinajstić information content (AvgIpc) is 3.88. The van der Waals surface area contributed by atoms with Crippen molar-refractivity contribution >= 4 is 17.1 Å². The Bertz CT molecular complexity index is 3330. The van der Waals surface area contributed by atoms with E-state index in [1.54, 1.807) is 0 Å². The third-order valence-electron chi connectivity index (χ3n) is 14.3.